The van der Waals surface area contributed by atoms with E-state index >= 15 is 0 Å². The second-order valence-corrected chi connectivity index (χ2v) is 8.38. The van der Waals surface area contributed by atoms with Gasteiger partial charge in [-0.2, -0.15) is 0 Å². The van der Waals surface area contributed by atoms with Crippen LogP contribution in [0.1, 0.15) is 51.6 Å². The highest BCUT2D eigenvalue weighted by Gasteiger charge is 2.26. The van der Waals surface area contributed by atoms with Gasteiger partial charge in [-0.1, -0.05) is 48.5 Å². The van der Waals surface area contributed by atoms with Gasteiger partial charge in [-0.15, -0.1) is 0 Å². The Balaban J connectivity index is 1.33. The number of benzene rings is 2. The van der Waals surface area contributed by atoms with Gasteiger partial charge in [0.1, 0.15) is 0 Å². The van der Waals surface area contributed by atoms with Crippen molar-refractivity contribution < 1.29 is 14.4 Å². The fraction of sp³-hybridized carbons (Fsp3) is 0.259. The summed E-state index contributed by atoms with van der Waals surface area (Å²) in [5, 5.41) is 6.09. The average molecular weight is 457 g/mol. The van der Waals surface area contributed by atoms with Crippen molar-refractivity contribution in [3.05, 3.63) is 102 Å². The van der Waals surface area contributed by atoms with Crippen LogP contribution in [0.5, 0.6) is 0 Å². The third-order valence-electron chi connectivity index (χ3n) is 6.01. The van der Waals surface area contributed by atoms with Crippen molar-refractivity contribution in [2.24, 2.45) is 0 Å². The number of likely N-dealkylation sites (tertiary alicyclic amines) is 1. The Morgan fingerprint density at radius 2 is 1.47 bits per heavy atom. The van der Waals surface area contributed by atoms with Gasteiger partial charge in [0, 0.05) is 42.7 Å². The molecule has 4 rings (SSSR count). The first kappa shape index (κ1) is 23.2. The molecule has 2 N–H and O–H groups in total. The predicted molar refractivity (Wildman–Crippen MR) is 129 cm³/mol. The maximum Gasteiger partial charge on any atom is 0.253 e. The Bertz CT molecular complexity index is 1100. The van der Waals surface area contributed by atoms with Gasteiger partial charge in [0.05, 0.1) is 12.5 Å². The van der Waals surface area contributed by atoms with Crippen LogP contribution >= 0.6 is 0 Å². The zero-order valence-corrected chi connectivity index (χ0v) is 18.9. The summed E-state index contributed by atoms with van der Waals surface area (Å²) < 4.78 is 0. The van der Waals surface area contributed by atoms with Gasteiger partial charge in [-0.25, -0.2) is 0 Å². The maximum absolute atomic E-state index is 12.9. The van der Waals surface area contributed by atoms with Crippen molar-refractivity contribution in [1.82, 2.24) is 20.5 Å². The molecule has 1 atom stereocenters. The molecule has 1 unspecified atom stereocenters. The summed E-state index contributed by atoms with van der Waals surface area (Å²) in [6.45, 7) is 1.16. The number of nitrogens with one attached hydrogen (secondary N) is 2. The molecule has 1 fully saturated rings. The van der Waals surface area contributed by atoms with E-state index in [-0.39, 0.29) is 30.2 Å². The third kappa shape index (κ3) is 6.07. The smallest absolute Gasteiger partial charge is 0.253 e. The number of nitrogens with zero attached hydrogens (tertiary/aromatic N) is 2. The minimum absolute atomic E-state index is 0.00441. The van der Waals surface area contributed by atoms with E-state index in [0.29, 0.717) is 37.1 Å². The van der Waals surface area contributed by atoms with Gasteiger partial charge in [0.15, 0.2) is 0 Å². The van der Waals surface area contributed by atoms with Crippen LogP contribution < -0.4 is 10.6 Å². The van der Waals surface area contributed by atoms with E-state index in [0.717, 1.165) is 5.56 Å². The van der Waals surface area contributed by atoms with Gasteiger partial charge in [0.2, 0.25) is 5.91 Å². The molecule has 0 spiro atoms. The minimum atomic E-state index is -0.442. The molecule has 2 heterocycles. The Morgan fingerprint density at radius 1 is 0.853 bits per heavy atom. The van der Waals surface area contributed by atoms with E-state index in [4.69, 9.17) is 0 Å². The van der Waals surface area contributed by atoms with Gasteiger partial charge < -0.3 is 15.5 Å². The highest BCUT2D eigenvalue weighted by molar-refractivity contribution is 5.95. The quantitative estimate of drug-likeness (QED) is 0.570. The molecule has 0 aliphatic carbocycles. The molecule has 0 radical (unpaired) electrons. The minimum Gasteiger partial charge on any atom is -0.353 e. The number of piperidine rings is 1. The molecule has 0 bridgehead atoms. The van der Waals surface area contributed by atoms with Crippen molar-refractivity contribution in [1.29, 1.82) is 0 Å². The lowest BCUT2D eigenvalue weighted by atomic mass is 10.0. The number of aromatic nitrogens is 1. The van der Waals surface area contributed by atoms with E-state index in [1.54, 1.807) is 36.7 Å². The number of amides is 3. The van der Waals surface area contributed by atoms with E-state index in [1.165, 1.54) is 0 Å². The number of hydrogen-bond donors (Lipinski definition) is 2. The van der Waals surface area contributed by atoms with Gasteiger partial charge in [0.25, 0.3) is 11.8 Å². The maximum atomic E-state index is 12.9. The summed E-state index contributed by atoms with van der Waals surface area (Å²) >= 11 is 0. The summed E-state index contributed by atoms with van der Waals surface area (Å²) in [7, 11) is 0. The lowest BCUT2D eigenvalue weighted by Gasteiger charge is -2.32. The summed E-state index contributed by atoms with van der Waals surface area (Å²) in [6.07, 6.45) is 4.74. The van der Waals surface area contributed by atoms with Crippen LogP contribution in [0.2, 0.25) is 0 Å². The topological polar surface area (TPSA) is 91.4 Å². The van der Waals surface area contributed by atoms with Gasteiger partial charge >= 0.3 is 0 Å². The number of carbonyl (C=O) groups excluding carboxylic acids is 3. The summed E-state index contributed by atoms with van der Waals surface area (Å²) in [4.78, 5) is 44.0. The second kappa shape index (κ2) is 11.2. The molecule has 1 aliphatic heterocycles. The molecule has 1 aliphatic rings. The third-order valence-corrected chi connectivity index (χ3v) is 6.01. The molecular weight excluding hydrogens is 428 g/mol. The standard InChI is InChI=1S/C27H28N4O3/c32-25(29-23-13-17-31(18-14-23)27(34)22-11-15-28-16-12-22)19-24(20-7-3-1-4-8-20)30-26(33)21-9-5-2-6-10-21/h1-12,15-16,23-24H,13-14,17-19H2,(H,29,32)(H,30,33). The molecule has 34 heavy (non-hydrogen) atoms. The first-order valence-electron chi connectivity index (χ1n) is 11.5. The highest BCUT2D eigenvalue weighted by atomic mass is 16.2. The van der Waals surface area contributed by atoms with Crippen molar-refractivity contribution in [3.63, 3.8) is 0 Å². The van der Waals surface area contributed by atoms with Crippen molar-refractivity contribution >= 4 is 17.7 Å². The van der Waals surface area contributed by atoms with Gasteiger partial charge in [-0.05, 0) is 42.7 Å². The van der Waals surface area contributed by atoms with Crippen molar-refractivity contribution in [2.75, 3.05) is 13.1 Å². The van der Waals surface area contributed by atoms with Crippen LogP contribution in [0.25, 0.3) is 0 Å². The van der Waals surface area contributed by atoms with Crippen LogP contribution in [0.4, 0.5) is 0 Å². The molecule has 7 nitrogen and oxygen atoms in total. The van der Waals surface area contributed by atoms with Crippen molar-refractivity contribution in [2.45, 2.75) is 31.3 Å². The van der Waals surface area contributed by atoms with Crippen LogP contribution in [0, 0.1) is 0 Å². The first-order chi connectivity index (χ1) is 16.6. The zero-order chi connectivity index (χ0) is 23.8. The summed E-state index contributed by atoms with van der Waals surface area (Å²) in [5.41, 5.74) is 2.05. The normalized spacial score (nSPS) is 14.8. The number of pyridine rings is 1. The molecule has 1 aromatic heterocycles. The first-order valence-corrected chi connectivity index (χ1v) is 11.5. The lowest BCUT2D eigenvalue weighted by Crippen LogP contribution is -2.47. The van der Waals surface area contributed by atoms with E-state index < -0.39 is 6.04 Å². The molecular formula is C27H28N4O3. The van der Waals surface area contributed by atoms with Gasteiger partial charge in [-0.3, -0.25) is 19.4 Å². The van der Waals surface area contributed by atoms with E-state index in [1.807, 2.05) is 53.4 Å². The fourth-order valence-corrected chi connectivity index (χ4v) is 4.14. The van der Waals surface area contributed by atoms with Crippen LogP contribution in [0.15, 0.2) is 85.2 Å². The number of rotatable bonds is 7. The molecule has 3 amide bonds. The number of carbonyl (C=O) groups is 3. The fourth-order valence-electron chi connectivity index (χ4n) is 4.14. The van der Waals surface area contributed by atoms with E-state index in [2.05, 4.69) is 15.6 Å². The Labute approximate surface area is 199 Å². The number of hydrogen-bond acceptors (Lipinski definition) is 4. The average Bonchev–Trinajstić information content (AvgIpc) is 2.90. The van der Waals surface area contributed by atoms with Crippen LogP contribution in [0.3, 0.4) is 0 Å². The SMILES string of the molecule is O=C(CC(NC(=O)c1ccccc1)c1ccccc1)NC1CCN(C(=O)c2ccncc2)CC1. The molecule has 174 valence electrons. The largest absolute Gasteiger partial charge is 0.353 e. The van der Waals surface area contributed by atoms with Crippen LogP contribution in [-0.2, 0) is 4.79 Å². The monoisotopic (exact) mass is 456 g/mol. The van der Waals surface area contributed by atoms with Crippen molar-refractivity contribution in [3.8, 4) is 0 Å². The second-order valence-electron chi connectivity index (χ2n) is 8.38. The Kier molecular flexibility index (Phi) is 7.65. The molecule has 2 aromatic carbocycles. The highest BCUT2D eigenvalue weighted by Crippen LogP contribution is 2.19. The molecule has 3 aromatic rings. The molecule has 1 saturated heterocycles. The molecule has 0 saturated carbocycles. The predicted octanol–water partition coefficient (Wildman–Crippen LogP) is 3.36. The Hall–Kier alpha value is -4.00. The van der Waals surface area contributed by atoms with Crippen LogP contribution in [-0.4, -0.2) is 46.7 Å². The summed E-state index contributed by atoms with van der Waals surface area (Å²) in [5.74, 6) is -0.355. The molecule has 7 heteroatoms. The van der Waals surface area contributed by atoms with E-state index in [9.17, 15) is 14.4 Å². The zero-order valence-electron chi connectivity index (χ0n) is 18.9. The summed E-state index contributed by atoms with van der Waals surface area (Å²) in [6, 6.07) is 21.5. The Morgan fingerprint density at radius 3 is 2.12 bits per heavy atom. The lowest BCUT2D eigenvalue weighted by molar-refractivity contribution is -0.122.